The van der Waals surface area contributed by atoms with Gasteiger partial charge < -0.3 is 4.74 Å². The van der Waals surface area contributed by atoms with Crippen molar-refractivity contribution in [3.05, 3.63) is 53.8 Å². The summed E-state index contributed by atoms with van der Waals surface area (Å²) in [5, 5.41) is 0.423. The molecule has 1 aromatic heterocycles. The molecule has 2 fully saturated rings. The van der Waals surface area contributed by atoms with Crippen molar-refractivity contribution < 1.29 is 17.5 Å². The molecule has 6 nitrogen and oxygen atoms in total. The summed E-state index contributed by atoms with van der Waals surface area (Å²) in [6, 6.07) is 13.7. The van der Waals surface area contributed by atoms with E-state index in [0.717, 1.165) is 36.9 Å². The van der Waals surface area contributed by atoms with Gasteiger partial charge in [-0.1, -0.05) is 29.5 Å². The van der Waals surface area contributed by atoms with Gasteiger partial charge in [0.1, 0.15) is 17.1 Å². The van der Waals surface area contributed by atoms with Gasteiger partial charge in [0.05, 0.1) is 11.0 Å². The molecule has 164 valence electrons. The molecule has 2 aliphatic heterocycles. The third kappa shape index (κ3) is 4.59. The first-order chi connectivity index (χ1) is 14.8. The summed E-state index contributed by atoms with van der Waals surface area (Å²) in [6.45, 7) is 0.841. The first-order valence-corrected chi connectivity index (χ1v) is 13.1. The lowest BCUT2D eigenvalue weighted by Crippen LogP contribution is -2.49. The van der Waals surface area contributed by atoms with E-state index in [0.29, 0.717) is 28.5 Å². The lowest BCUT2D eigenvalue weighted by atomic mass is 9.97. The molecule has 0 amide bonds. The molecule has 3 aromatic rings. The summed E-state index contributed by atoms with van der Waals surface area (Å²) in [6.07, 6.45) is 5.18. The molecule has 5 rings (SSSR count). The van der Waals surface area contributed by atoms with Crippen molar-refractivity contribution in [2.75, 3.05) is 6.26 Å². The SMILES string of the molecule is CS(=O)(=O)N[C@@H]1C[C@H]2CC[C@@H](C1)N2Cc1ccc(Oc2nc3c(F)cccc3s2)cc1. The van der Waals surface area contributed by atoms with Gasteiger partial charge in [-0.25, -0.2) is 17.5 Å². The predicted octanol–water partition coefficient (Wildman–Crippen LogP) is 4.27. The van der Waals surface area contributed by atoms with E-state index in [9.17, 15) is 12.8 Å². The van der Waals surface area contributed by atoms with Crippen LogP contribution < -0.4 is 9.46 Å². The molecule has 2 aromatic carbocycles. The minimum absolute atomic E-state index is 0.0400. The number of ether oxygens (including phenoxy) is 1. The van der Waals surface area contributed by atoms with Crippen molar-refractivity contribution in [3.63, 3.8) is 0 Å². The Morgan fingerprint density at radius 3 is 2.52 bits per heavy atom. The quantitative estimate of drug-likeness (QED) is 0.594. The molecule has 2 aliphatic rings. The van der Waals surface area contributed by atoms with Crippen LogP contribution in [0.2, 0.25) is 0 Å². The van der Waals surface area contributed by atoms with E-state index in [2.05, 4.69) is 14.6 Å². The molecule has 1 N–H and O–H groups in total. The Hall–Kier alpha value is -2.07. The number of thiazole rings is 1. The number of nitrogens with one attached hydrogen (secondary N) is 1. The average Bonchev–Trinajstić information content (AvgIpc) is 3.21. The van der Waals surface area contributed by atoms with Gasteiger partial charge in [0.2, 0.25) is 10.0 Å². The van der Waals surface area contributed by atoms with E-state index < -0.39 is 10.0 Å². The smallest absolute Gasteiger partial charge is 0.279 e. The second-order valence-electron chi connectivity index (χ2n) is 8.43. The third-order valence-corrected chi connectivity index (χ3v) is 7.77. The Kier molecular flexibility index (Phi) is 5.45. The van der Waals surface area contributed by atoms with Crippen LogP contribution in [0.3, 0.4) is 0 Å². The van der Waals surface area contributed by atoms with Gasteiger partial charge in [-0.05, 0) is 55.5 Å². The zero-order valence-corrected chi connectivity index (χ0v) is 18.8. The normalized spacial score (nSPS) is 24.0. The zero-order valence-electron chi connectivity index (χ0n) is 17.1. The molecule has 0 saturated carbocycles. The van der Waals surface area contributed by atoms with E-state index in [1.54, 1.807) is 6.07 Å². The Morgan fingerprint density at radius 2 is 1.87 bits per heavy atom. The van der Waals surface area contributed by atoms with Crippen LogP contribution >= 0.6 is 11.3 Å². The fourth-order valence-corrected chi connectivity index (χ4v) is 6.49. The van der Waals surface area contributed by atoms with E-state index >= 15 is 0 Å². The minimum atomic E-state index is -3.17. The number of nitrogens with zero attached hydrogens (tertiary/aromatic N) is 2. The molecule has 3 heterocycles. The standard InChI is InChI=1S/C22H24FN3O3S2/c1-31(27,28)25-15-11-16-7-8-17(12-15)26(16)13-14-5-9-18(10-6-14)29-22-24-21-19(23)3-2-4-20(21)30-22/h2-6,9-10,15-17,25H,7-8,11-13H2,1H3/t15-,16-,17+. The van der Waals surface area contributed by atoms with Crippen molar-refractivity contribution in [3.8, 4) is 10.9 Å². The van der Waals surface area contributed by atoms with Crippen LogP contribution in [0.15, 0.2) is 42.5 Å². The first-order valence-electron chi connectivity index (χ1n) is 10.4. The summed E-state index contributed by atoms with van der Waals surface area (Å²) >= 11 is 1.32. The van der Waals surface area contributed by atoms with Crippen LogP contribution in [0, 0.1) is 5.82 Å². The van der Waals surface area contributed by atoms with E-state index in [1.807, 2.05) is 30.3 Å². The monoisotopic (exact) mass is 461 g/mol. The maximum Gasteiger partial charge on any atom is 0.279 e. The number of sulfonamides is 1. The number of halogens is 1. The van der Waals surface area contributed by atoms with Crippen molar-refractivity contribution in [1.82, 2.24) is 14.6 Å². The number of para-hydroxylation sites is 1. The fraction of sp³-hybridized carbons (Fsp3) is 0.409. The van der Waals surface area contributed by atoms with Gasteiger partial charge in [0.25, 0.3) is 5.19 Å². The van der Waals surface area contributed by atoms with Crippen LogP contribution in [0.5, 0.6) is 10.9 Å². The van der Waals surface area contributed by atoms with Crippen molar-refractivity contribution in [1.29, 1.82) is 0 Å². The largest absolute Gasteiger partial charge is 0.431 e. The van der Waals surface area contributed by atoms with Gasteiger partial charge in [0, 0.05) is 24.7 Å². The van der Waals surface area contributed by atoms with Gasteiger partial charge in [-0.3, -0.25) is 4.90 Å². The second kappa shape index (κ2) is 8.12. The second-order valence-corrected chi connectivity index (χ2v) is 11.2. The van der Waals surface area contributed by atoms with E-state index in [4.69, 9.17) is 4.74 Å². The van der Waals surface area contributed by atoms with Gasteiger partial charge >= 0.3 is 0 Å². The Balaban J connectivity index is 1.23. The highest BCUT2D eigenvalue weighted by atomic mass is 32.2. The zero-order chi connectivity index (χ0) is 21.6. The number of benzene rings is 2. The lowest BCUT2D eigenvalue weighted by Gasteiger charge is -2.39. The Morgan fingerprint density at radius 1 is 1.16 bits per heavy atom. The number of aromatic nitrogens is 1. The van der Waals surface area contributed by atoms with Crippen LogP contribution in [0.25, 0.3) is 10.2 Å². The molecular formula is C22H24FN3O3S2. The molecule has 2 bridgehead atoms. The van der Waals surface area contributed by atoms with Crippen LogP contribution in [0.1, 0.15) is 31.2 Å². The summed E-state index contributed by atoms with van der Waals surface area (Å²) in [5.74, 6) is 0.325. The van der Waals surface area contributed by atoms with Crippen LogP contribution in [-0.4, -0.2) is 42.7 Å². The van der Waals surface area contributed by atoms with Crippen LogP contribution in [-0.2, 0) is 16.6 Å². The first kappa shape index (κ1) is 20.8. The molecule has 31 heavy (non-hydrogen) atoms. The van der Waals surface area contributed by atoms with Crippen LogP contribution in [0.4, 0.5) is 4.39 Å². The highest BCUT2D eigenvalue weighted by Crippen LogP contribution is 2.37. The van der Waals surface area contributed by atoms with Gasteiger partial charge in [-0.15, -0.1) is 0 Å². The minimum Gasteiger partial charge on any atom is -0.431 e. The lowest BCUT2D eigenvalue weighted by molar-refractivity contribution is 0.116. The predicted molar refractivity (Wildman–Crippen MR) is 119 cm³/mol. The summed E-state index contributed by atoms with van der Waals surface area (Å²) in [7, 11) is -3.17. The molecular weight excluding hydrogens is 437 g/mol. The Bertz CT molecular complexity index is 1180. The molecule has 9 heteroatoms. The van der Waals surface area contributed by atoms with Crippen molar-refractivity contribution in [2.24, 2.45) is 0 Å². The summed E-state index contributed by atoms with van der Waals surface area (Å²) in [4.78, 5) is 6.75. The molecule has 3 atom stereocenters. The van der Waals surface area contributed by atoms with E-state index in [1.165, 1.54) is 29.2 Å². The molecule has 0 spiro atoms. The van der Waals surface area contributed by atoms with Gasteiger partial charge in [0.15, 0.2) is 0 Å². The van der Waals surface area contributed by atoms with Crippen molar-refractivity contribution >= 4 is 31.6 Å². The topological polar surface area (TPSA) is 71.5 Å². The average molecular weight is 462 g/mol. The van der Waals surface area contributed by atoms with Crippen molar-refractivity contribution in [2.45, 2.75) is 50.4 Å². The number of piperidine rings is 1. The maximum atomic E-state index is 13.8. The number of hydrogen-bond acceptors (Lipinski definition) is 6. The number of fused-ring (bicyclic) bond motifs is 3. The maximum absolute atomic E-state index is 13.8. The fourth-order valence-electron chi connectivity index (χ4n) is 4.84. The highest BCUT2D eigenvalue weighted by Gasteiger charge is 2.41. The Labute approximate surface area is 185 Å². The summed E-state index contributed by atoms with van der Waals surface area (Å²) < 4.78 is 46.4. The molecule has 0 radical (unpaired) electrons. The molecule has 0 unspecified atom stereocenters. The number of hydrogen-bond donors (Lipinski definition) is 1. The summed E-state index contributed by atoms with van der Waals surface area (Å²) in [5.41, 5.74) is 1.53. The molecule has 0 aliphatic carbocycles. The van der Waals surface area contributed by atoms with E-state index in [-0.39, 0.29) is 11.9 Å². The van der Waals surface area contributed by atoms with Gasteiger partial charge in [-0.2, -0.15) is 4.98 Å². The third-order valence-electron chi connectivity index (χ3n) is 6.11. The molecule has 2 saturated heterocycles. The number of rotatable bonds is 6. The highest BCUT2D eigenvalue weighted by molar-refractivity contribution is 7.88.